The van der Waals surface area contributed by atoms with Gasteiger partial charge in [0.05, 0.1) is 14.2 Å². The molecule has 0 spiro atoms. The van der Waals surface area contributed by atoms with Crippen molar-refractivity contribution >= 4 is 11.9 Å². The molecule has 1 atom stereocenters. The third kappa shape index (κ3) is 4.44. The molecule has 138 valence electrons. The van der Waals surface area contributed by atoms with Crippen LogP contribution < -0.4 is 9.47 Å². The van der Waals surface area contributed by atoms with Gasteiger partial charge >= 0.3 is 5.97 Å². The lowest BCUT2D eigenvalue weighted by molar-refractivity contribution is -0.141. The molecule has 0 aliphatic heterocycles. The van der Waals surface area contributed by atoms with Gasteiger partial charge in [-0.05, 0) is 31.9 Å². The molecule has 0 N–H and O–H groups in total. The van der Waals surface area contributed by atoms with E-state index in [1.54, 1.807) is 37.1 Å². The van der Waals surface area contributed by atoms with E-state index in [9.17, 15) is 9.59 Å². The summed E-state index contributed by atoms with van der Waals surface area (Å²) in [5, 5.41) is 0. The van der Waals surface area contributed by atoms with Crippen molar-refractivity contribution in [2.24, 2.45) is 0 Å². The van der Waals surface area contributed by atoms with Crippen LogP contribution in [0.25, 0.3) is 0 Å². The lowest BCUT2D eigenvalue weighted by atomic mass is 9.94. The number of likely N-dealkylation sites (N-methyl/N-ethyl adjacent to an activating group) is 1. The van der Waals surface area contributed by atoms with Crippen LogP contribution in [0.2, 0.25) is 0 Å². The van der Waals surface area contributed by atoms with Crippen molar-refractivity contribution in [3.63, 3.8) is 0 Å². The quantitative estimate of drug-likeness (QED) is 0.739. The topological polar surface area (TPSA) is 65.1 Å². The summed E-state index contributed by atoms with van der Waals surface area (Å²) in [4.78, 5) is 26.8. The lowest BCUT2D eigenvalue weighted by Crippen LogP contribution is -2.44. The molecule has 1 aliphatic rings. The Balaban J connectivity index is 2.05. The number of hydrogen-bond acceptors (Lipinski definition) is 5. The van der Waals surface area contributed by atoms with Crippen molar-refractivity contribution in [3.05, 3.63) is 23.8 Å². The molecule has 1 aliphatic carbocycles. The normalized spacial score (nSPS) is 16.0. The monoisotopic (exact) mass is 349 g/mol. The summed E-state index contributed by atoms with van der Waals surface area (Å²) in [6.07, 6.45) is 4.66. The Labute approximate surface area is 149 Å². The van der Waals surface area contributed by atoms with E-state index in [2.05, 4.69) is 0 Å². The predicted molar refractivity (Wildman–Crippen MR) is 94.1 cm³/mol. The fourth-order valence-electron chi connectivity index (χ4n) is 3.26. The average Bonchev–Trinajstić information content (AvgIpc) is 2.66. The second-order valence-electron chi connectivity index (χ2n) is 6.33. The summed E-state index contributed by atoms with van der Waals surface area (Å²) in [5.41, 5.74) is 0.238. The smallest absolute Gasteiger partial charge is 0.342 e. The molecule has 2 rings (SSSR count). The van der Waals surface area contributed by atoms with Crippen LogP contribution in [0, 0.1) is 0 Å². The van der Waals surface area contributed by atoms with Crippen molar-refractivity contribution in [2.75, 3.05) is 21.3 Å². The van der Waals surface area contributed by atoms with Gasteiger partial charge in [-0.25, -0.2) is 4.79 Å². The maximum atomic E-state index is 12.6. The molecule has 25 heavy (non-hydrogen) atoms. The zero-order valence-electron chi connectivity index (χ0n) is 15.4. The van der Waals surface area contributed by atoms with Gasteiger partial charge in [0, 0.05) is 13.1 Å². The van der Waals surface area contributed by atoms with Crippen molar-refractivity contribution in [2.45, 2.75) is 51.2 Å². The van der Waals surface area contributed by atoms with Crippen LogP contribution in [0.3, 0.4) is 0 Å². The Hall–Kier alpha value is -2.24. The highest BCUT2D eigenvalue weighted by molar-refractivity contribution is 5.95. The molecule has 0 radical (unpaired) electrons. The Morgan fingerprint density at radius 3 is 2.40 bits per heavy atom. The third-order valence-electron chi connectivity index (χ3n) is 4.72. The van der Waals surface area contributed by atoms with E-state index >= 15 is 0 Å². The molecule has 6 nitrogen and oxygen atoms in total. The van der Waals surface area contributed by atoms with Gasteiger partial charge in [0.15, 0.2) is 17.6 Å². The number of methoxy groups -OCH3 is 2. The van der Waals surface area contributed by atoms with Crippen molar-refractivity contribution in [1.82, 2.24) is 4.90 Å². The Kier molecular flexibility index (Phi) is 6.67. The second kappa shape index (κ2) is 8.74. The van der Waals surface area contributed by atoms with Gasteiger partial charge in [0.2, 0.25) is 0 Å². The number of amides is 1. The Morgan fingerprint density at radius 2 is 1.80 bits per heavy atom. The van der Waals surface area contributed by atoms with Crippen LogP contribution in [-0.4, -0.2) is 50.2 Å². The number of esters is 1. The third-order valence-corrected chi connectivity index (χ3v) is 4.72. The molecular formula is C19H27NO5. The Bertz CT molecular complexity index is 610. The molecular weight excluding hydrogens is 322 g/mol. The van der Waals surface area contributed by atoms with Crippen LogP contribution in [-0.2, 0) is 9.53 Å². The van der Waals surface area contributed by atoms with Crippen LogP contribution in [0.1, 0.15) is 49.4 Å². The predicted octanol–water partition coefficient (Wildman–Crippen LogP) is 3.04. The number of carbonyl (C=O) groups excluding carboxylic acids is 2. The summed E-state index contributed by atoms with van der Waals surface area (Å²) in [6.45, 7) is 1.60. The molecule has 0 bridgehead atoms. The minimum atomic E-state index is -0.852. The fraction of sp³-hybridized carbons (Fsp3) is 0.579. The first-order chi connectivity index (χ1) is 12.0. The number of hydrogen-bond donors (Lipinski definition) is 0. The summed E-state index contributed by atoms with van der Waals surface area (Å²) in [5.74, 6) is -0.0405. The van der Waals surface area contributed by atoms with E-state index in [-0.39, 0.29) is 17.5 Å². The number of benzene rings is 1. The van der Waals surface area contributed by atoms with Crippen LogP contribution in [0.4, 0.5) is 0 Å². The zero-order chi connectivity index (χ0) is 18.4. The van der Waals surface area contributed by atoms with Crippen molar-refractivity contribution in [3.8, 4) is 11.5 Å². The molecule has 0 heterocycles. The van der Waals surface area contributed by atoms with Crippen LogP contribution >= 0.6 is 0 Å². The van der Waals surface area contributed by atoms with E-state index < -0.39 is 12.1 Å². The first-order valence-electron chi connectivity index (χ1n) is 8.68. The first kappa shape index (κ1) is 19.1. The highest BCUT2D eigenvalue weighted by Crippen LogP contribution is 2.31. The summed E-state index contributed by atoms with van der Waals surface area (Å²) in [6, 6.07) is 5.19. The van der Waals surface area contributed by atoms with E-state index in [0.29, 0.717) is 11.5 Å². The molecule has 0 unspecified atom stereocenters. The SMILES string of the molecule is COc1cccc(C(=O)O[C@@H](C)C(=O)N(C)C2CCCCC2)c1OC. The lowest BCUT2D eigenvalue weighted by Gasteiger charge is -2.32. The minimum Gasteiger partial charge on any atom is -0.493 e. The molecule has 1 saturated carbocycles. The number of nitrogens with zero attached hydrogens (tertiary/aromatic N) is 1. The van der Waals surface area contributed by atoms with Gasteiger partial charge < -0.3 is 19.1 Å². The van der Waals surface area contributed by atoms with Gasteiger partial charge in [0.25, 0.3) is 5.91 Å². The van der Waals surface area contributed by atoms with E-state index in [0.717, 1.165) is 25.7 Å². The molecule has 1 aromatic carbocycles. The highest BCUT2D eigenvalue weighted by atomic mass is 16.6. The second-order valence-corrected chi connectivity index (χ2v) is 6.33. The molecule has 1 fully saturated rings. The van der Waals surface area contributed by atoms with Gasteiger partial charge in [-0.2, -0.15) is 0 Å². The average molecular weight is 349 g/mol. The Morgan fingerprint density at radius 1 is 1.12 bits per heavy atom. The number of carbonyl (C=O) groups is 2. The highest BCUT2D eigenvalue weighted by Gasteiger charge is 2.29. The fourth-order valence-corrected chi connectivity index (χ4v) is 3.26. The van der Waals surface area contributed by atoms with Crippen LogP contribution in [0.15, 0.2) is 18.2 Å². The molecule has 1 aromatic rings. The van der Waals surface area contributed by atoms with Crippen LogP contribution in [0.5, 0.6) is 11.5 Å². The number of ether oxygens (including phenoxy) is 3. The molecule has 0 aromatic heterocycles. The van der Waals surface area contributed by atoms with Gasteiger partial charge in [-0.1, -0.05) is 25.3 Å². The van der Waals surface area contributed by atoms with Gasteiger partial charge in [-0.3, -0.25) is 4.79 Å². The zero-order valence-corrected chi connectivity index (χ0v) is 15.4. The number of rotatable bonds is 6. The maximum absolute atomic E-state index is 12.6. The molecule has 1 amide bonds. The first-order valence-corrected chi connectivity index (χ1v) is 8.68. The van der Waals surface area contributed by atoms with Crippen molar-refractivity contribution < 1.29 is 23.8 Å². The summed E-state index contributed by atoms with van der Waals surface area (Å²) < 4.78 is 15.8. The molecule has 0 saturated heterocycles. The standard InChI is InChI=1S/C19H27NO5/c1-13(18(21)20(2)14-9-6-5-7-10-14)25-19(22)15-11-8-12-16(23-3)17(15)24-4/h8,11-14H,5-7,9-10H2,1-4H3/t13-/m0/s1. The largest absolute Gasteiger partial charge is 0.493 e. The van der Waals surface area contributed by atoms with Gasteiger partial charge in [0.1, 0.15) is 5.56 Å². The number of para-hydroxylation sites is 1. The van der Waals surface area contributed by atoms with Crippen molar-refractivity contribution in [1.29, 1.82) is 0 Å². The van der Waals surface area contributed by atoms with E-state index in [1.807, 2.05) is 0 Å². The molecule has 6 heteroatoms. The maximum Gasteiger partial charge on any atom is 0.342 e. The summed E-state index contributed by atoms with van der Waals surface area (Å²) >= 11 is 0. The van der Waals surface area contributed by atoms with E-state index in [4.69, 9.17) is 14.2 Å². The van der Waals surface area contributed by atoms with Gasteiger partial charge in [-0.15, -0.1) is 0 Å². The minimum absolute atomic E-state index is 0.179. The summed E-state index contributed by atoms with van der Waals surface area (Å²) in [7, 11) is 4.74. The van der Waals surface area contributed by atoms with E-state index in [1.165, 1.54) is 20.6 Å².